The fraction of sp³-hybridized carbons (Fsp3) is 0.167. The summed E-state index contributed by atoms with van der Waals surface area (Å²) in [6.07, 6.45) is 1.76. The molecular formula is C12H13NO4. The second-order valence-corrected chi connectivity index (χ2v) is 3.20. The maximum Gasteiger partial charge on any atom is 0.328 e. The van der Waals surface area contributed by atoms with Crippen molar-refractivity contribution < 1.29 is 19.4 Å². The average Bonchev–Trinajstić information content (AvgIpc) is 2.34. The highest BCUT2D eigenvalue weighted by molar-refractivity contribution is 5.93. The minimum absolute atomic E-state index is 0.285. The van der Waals surface area contributed by atoms with Gasteiger partial charge in [-0.1, -0.05) is 18.2 Å². The summed E-state index contributed by atoms with van der Waals surface area (Å²) in [5.41, 5.74) is 0.826. The first-order valence-corrected chi connectivity index (χ1v) is 4.94. The van der Waals surface area contributed by atoms with Gasteiger partial charge in [0, 0.05) is 24.3 Å². The number of aliphatic carboxylic acids is 1. The molecule has 0 heterocycles. The third kappa shape index (κ3) is 4.38. The summed E-state index contributed by atoms with van der Waals surface area (Å²) in [5.74, 6) is -0.939. The third-order valence-corrected chi connectivity index (χ3v) is 2.02. The molecule has 0 fully saturated rings. The smallest absolute Gasteiger partial charge is 0.328 e. The van der Waals surface area contributed by atoms with E-state index in [0.29, 0.717) is 5.75 Å². The van der Waals surface area contributed by atoms with Crippen molar-refractivity contribution in [3.8, 4) is 5.75 Å². The number of hydrogen-bond acceptors (Lipinski definition) is 3. The lowest BCUT2D eigenvalue weighted by Crippen LogP contribution is -2.20. The summed E-state index contributed by atoms with van der Waals surface area (Å²) in [6.45, 7) is 0.285. The molecule has 0 aliphatic carbocycles. The topological polar surface area (TPSA) is 75.6 Å². The number of carboxylic acid groups (broad SMARTS) is 1. The largest absolute Gasteiger partial charge is 0.496 e. The third-order valence-electron chi connectivity index (χ3n) is 2.02. The van der Waals surface area contributed by atoms with E-state index in [1.807, 2.05) is 18.2 Å². The van der Waals surface area contributed by atoms with Crippen LogP contribution >= 0.6 is 0 Å². The molecule has 1 aromatic carbocycles. The lowest BCUT2D eigenvalue weighted by Gasteiger charge is -2.07. The van der Waals surface area contributed by atoms with E-state index in [0.717, 1.165) is 17.7 Å². The Bertz CT molecular complexity index is 440. The van der Waals surface area contributed by atoms with Gasteiger partial charge in [0.15, 0.2) is 0 Å². The van der Waals surface area contributed by atoms with Crippen molar-refractivity contribution in [1.29, 1.82) is 0 Å². The number of ether oxygens (including phenoxy) is 1. The van der Waals surface area contributed by atoms with E-state index >= 15 is 0 Å². The molecule has 0 saturated carbocycles. The van der Waals surface area contributed by atoms with Crippen LogP contribution in [0.3, 0.4) is 0 Å². The van der Waals surface area contributed by atoms with E-state index in [9.17, 15) is 9.59 Å². The van der Waals surface area contributed by atoms with Gasteiger partial charge in [-0.3, -0.25) is 4.79 Å². The summed E-state index contributed by atoms with van der Waals surface area (Å²) in [7, 11) is 1.55. The zero-order chi connectivity index (χ0) is 12.7. The number of carbonyl (C=O) groups is 2. The first-order chi connectivity index (χ1) is 8.13. The van der Waals surface area contributed by atoms with Gasteiger partial charge in [-0.05, 0) is 6.07 Å². The van der Waals surface area contributed by atoms with Crippen LogP contribution in [0.5, 0.6) is 5.75 Å². The highest BCUT2D eigenvalue weighted by Crippen LogP contribution is 2.16. The molecule has 0 aliphatic heterocycles. The van der Waals surface area contributed by atoms with Crippen LogP contribution in [0.1, 0.15) is 5.56 Å². The van der Waals surface area contributed by atoms with Gasteiger partial charge >= 0.3 is 5.97 Å². The van der Waals surface area contributed by atoms with Crippen LogP contribution in [0.2, 0.25) is 0 Å². The first kappa shape index (κ1) is 12.8. The molecule has 0 aromatic heterocycles. The summed E-state index contributed by atoms with van der Waals surface area (Å²) >= 11 is 0. The standard InChI is InChI=1S/C12H13NO4/c1-17-10-5-3-2-4-9(10)8-13-11(14)6-7-12(15)16/h2-7H,8H2,1H3,(H,13,14)(H,15,16). The molecule has 0 bridgehead atoms. The predicted octanol–water partition coefficient (Wildman–Crippen LogP) is 0.952. The summed E-state index contributed by atoms with van der Waals surface area (Å²) < 4.78 is 5.11. The fourth-order valence-electron chi connectivity index (χ4n) is 1.24. The van der Waals surface area contributed by atoms with Crippen LogP contribution in [-0.2, 0) is 16.1 Å². The number of benzene rings is 1. The van der Waals surface area contributed by atoms with E-state index in [2.05, 4.69) is 5.32 Å². The van der Waals surface area contributed by atoms with Gasteiger partial charge in [0.1, 0.15) is 5.75 Å². The van der Waals surface area contributed by atoms with Crippen LogP contribution in [0.15, 0.2) is 36.4 Å². The maximum atomic E-state index is 11.2. The number of carbonyl (C=O) groups excluding carboxylic acids is 1. The minimum Gasteiger partial charge on any atom is -0.496 e. The van der Waals surface area contributed by atoms with Crippen molar-refractivity contribution in [2.45, 2.75) is 6.54 Å². The number of rotatable bonds is 5. The van der Waals surface area contributed by atoms with Crippen LogP contribution < -0.4 is 10.1 Å². The first-order valence-electron chi connectivity index (χ1n) is 4.94. The normalized spacial score (nSPS) is 10.2. The Labute approximate surface area is 98.7 Å². The van der Waals surface area contributed by atoms with E-state index in [1.165, 1.54) is 0 Å². The Morgan fingerprint density at radius 3 is 2.71 bits per heavy atom. The molecule has 90 valence electrons. The van der Waals surface area contributed by atoms with Crippen molar-refractivity contribution >= 4 is 11.9 Å². The van der Waals surface area contributed by atoms with Crippen LogP contribution in [0.4, 0.5) is 0 Å². The Morgan fingerprint density at radius 1 is 1.35 bits per heavy atom. The van der Waals surface area contributed by atoms with Crippen molar-refractivity contribution in [2.75, 3.05) is 7.11 Å². The zero-order valence-electron chi connectivity index (χ0n) is 9.34. The van der Waals surface area contributed by atoms with Gasteiger partial charge in [0.05, 0.1) is 7.11 Å². The van der Waals surface area contributed by atoms with Crippen molar-refractivity contribution in [2.24, 2.45) is 0 Å². The summed E-state index contributed by atoms with van der Waals surface area (Å²) in [5, 5.41) is 10.9. The molecule has 1 rings (SSSR count). The number of carboxylic acids is 1. The number of amides is 1. The average molecular weight is 235 g/mol. The van der Waals surface area contributed by atoms with Crippen molar-refractivity contribution in [1.82, 2.24) is 5.32 Å². The van der Waals surface area contributed by atoms with Gasteiger partial charge in [-0.15, -0.1) is 0 Å². The second-order valence-electron chi connectivity index (χ2n) is 3.20. The van der Waals surface area contributed by atoms with E-state index < -0.39 is 11.9 Å². The monoisotopic (exact) mass is 235 g/mol. The predicted molar refractivity (Wildman–Crippen MR) is 61.6 cm³/mol. The number of hydrogen-bond donors (Lipinski definition) is 2. The van der Waals surface area contributed by atoms with E-state index in [4.69, 9.17) is 9.84 Å². The van der Waals surface area contributed by atoms with Gasteiger partial charge in [0.2, 0.25) is 5.91 Å². The Kier molecular flexibility index (Phi) is 4.75. The molecule has 0 aliphatic rings. The Morgan fingerprint density at radius 2 is 2.06 bits per heavy atom. The Hall–Kier alpha value is -2.30. The van der Waals surface area contributed by atoms with Gasteiger partial charge in [0.25, 0.3) is 0 Å². The SMILES string of the molecule is COc1ccccc1CNC(=O)C=CC(=O)O. The van der Waals surface area contributed by atoms with Gasteiger partial charge in [-0.2, -0.15) is 0 Å². The van der Waals surface area contributed by atoms with Crippen LogP contribution in [0, 0.1) is 0 Å². The fourth-order valence-corrected chi connectivity index (χ4v) is 1.24. The quantitative estimate of drug-likeness (QED) is 0.745. The van der Waals surface area contributed by atoms with E-state index in [-0.39, 0.29) is 6.54 Å². The number of methoxy groups -OCH3 is 1. The number of nitrogens with one attached hydrogen (secondary N) is 1. The molecule has 0 unspecified atom stereocenters. The Balaban J connectivity index is 2.55. The number of para-hydroxylation sites is 1. The zero-order valence-corrected chi connectivity index (χ0v) is 9.34. The van der Waals surface area contributed by atoms with Crippen LogP contribution in [-0.4, -0.2) is 24.1 Å². The molecule has 1 aromatic rings. The molecule has 1 amide bonds. The van der Waals surface area contributed by atoms with Crippen molar-refractivity contribution in [3.63, 3.8) is 0 Å². The van der Waals surface area contributed by atoms with Crippen molar-refractivity contribution in [3.05, 3.63) is 42.0 Å². The molecule has 0 radical (unpaired) electrons. The minimum atomic E-state index is -1.16. The molecule has 5 nitrogen and oxygen atoms in total. The molecular weight excluding hydrogens is 222 g/mol. The van der Waals surface area contributed by atoms with Gasteiger partial charge in [-0.25, -0.2) is 4.79 Å². The highest BCUT2D eigenvalue weighted by atomic mass is 16.5. The molecule has 5 heteroatoms. The van der Waals surface area contributed by atoms with Crippen LogP contribution in [0.25, 0.3) is 0 Å². The highest BCUT2D eigenvalue weighted by Gasteiger charge is 2.02. The molecule has 0 atom stereocenters. The van der Waals surface area contributed by atoms with E-state index in [1.54, 1.807) is 13.2 Å². The lowest BCUT2D eigenvalue weighted by molar-refractivity contribution is -0.131. The molecule has 0 spiro atoms. The molecule has 17 heavy (non-hydrogen) atoms. The summed E-state index contributed by atoms with van der Waals surface area (Å²) in [6, 6.07) is 7.26. The molecule has 0 saturated heterocycles. The second kappa shape index (κ2) is 6.32. The van der Waals surface area contributed by atoms with Gasteiger partial charge < -0.3 is 15.2 Å². The lowest BCUT2D eigenvalue weighted by atomic mass is 10.2. The maximum absolute atomic E-state index is 11.2. The summed E-state index contributed by atoms with van der Waals surface area (Å²) in [4.78, 5) is 21.4. The molecule has 2 N–H and O–H groups in total.